The van der Waals surface area contributed by atoms with Crippen molar-refractivity contribution in [1.29, 1.82) is 0 Å². The number of hydrogen-bond acceptors (Lipinski definition) is 4. The first-order valence-electron chi connectivity index (χ1n) is 4.98. The van der Waals surface area contributed by atoms with E-state index in [9.17, 15) is 14.7 Å². The summed E-state index contributed by atoms with van der Waals surface area (Å²) < 4.78 is 0. The van der Waals surface area contributed by atoms with E-state index in [1.165, 1.54) is 11.8 Å². The molecule has 0 aromatic carbocycles. The molecule has 3 atom stereocenters. The van der Waals surface area contributed by atoms with Crippen LogP contribution in [0.1, 0.15) is 19.8 Å². The summed E-state index contributed by atoms with van der Waals surface area (Å²) >= 11 is 0. The molecule has 5 N–H and O–H groups in total. The number of carbonyl (C=O) groups excluding carboxylic acids is 2. The van der Waals surface area contributed by atoms with Crippen LogP contribution in [-0.4, -0.2) is 46.6 Å². The fourth-order valence-electron chi connectivity index (χ4n) is 1.72. The molecule has 1 aliphatic rings. The summed E-state index contributed by atoms with van der Waals surface area (Å²) in [5.41, 5.74) is 10.7. The van der Waals surface area contributed by atoms with Crippen LogP contribution in [0.2, 0.25) is 0 Å². The highest BCUT2D eigenvalue weighted by atomic mass is 16.3. The molecule has 1 rings (SSSR count). The van der Waals surface area contributed by atoms with E-state index >= 15 is 0 Å². The molecule has 15 heavy (non-hydrogen) atoms. The van der Waals surface area contributed by atoms with Crippen LogP contribution in [0, 0.1) is 0 Å². The SMILES string of the molecule is C[C@@H](O)[C@H](N)C(=O)N1CCC[C@H]1C(N)=O. The van der Waals surface area contributed by atoms with Gasteiger partial charge in [-0.05, 0) is 19.8 Å². The van der Waals surface area contributed by atoms with Gasteiger partial charge in [-0.3, -0.25) is 9.59 Å². The molecule has 0 bridgehead atoms. The number of amides is 2. The van der Waals surface area contributed by atoms with Crippen molar-refractivity contribution in [2.75, 3.05) is 6.54 Å². The van der Waals surface area contributed by atoms with E-state index in [-0.39, 0.29) is 0 Å². The van der Waals surface area contributed by atoms with Crippen LogP contribution in [0.15, 0.2) is 0 Å². The Labute approximate surface area is 88.2 Å². The Morgan fingerprint density at radius 1 is 1.53 bits per heavy atom. The van der Waals surface area contributed by atoms with Crippen molar-refractivity contribution in [1.82, 2.24) is 4.90 Å². The van der Waals surface area contributed by atoms with E-state index in [1.807, 2.05) is 0 Å². The predicted octanol–water partition coefficient (Wildman–Crippen LogP) is -1.83. The van der Waals surface area contributed by atoms with Crippen LogP contribution < -0.4 is 11.5 Å². The highest BCUT2D eigenvalue weighted by Gasteiger charge is 2.35. The van der Waals surface area contributed by atoms with Gasteiger partial charge in [-0.1, -0.05) is 0 Å². The van der Waals surface area contributed by atoms with E-state index in [0.717, 1.165) is 6.42 Å². The van der Waals surface area contributed by atoms with Crippen LogP contribution in [-0.2, 0) is 9.59 Å². The van der Waals surface area contributed by atoms with Gasteiger partial charge in [0.2, 0.25) is 11.8 Å². The average molecular weight is 215 g/mol. The molecule has 0 aromatic heterocycles. The molecule has 1 heterocycles. The number of aliphatic hydroxyl groups excluding tert-OH is 1. The molecule has 0 aliphatic carbocycles. The van der Waals surface area contributed by atoms with Crippen molar-refractivity contribution >= 4 is 11.8 Å². The Balaban J connectivity index is 2.70. The molecule has 0 radical (unpaired) electrons. The van der Waals surface area contributed by atoms with Gasteiger partial charge in [-0.2, -0.15) is 0 Å². The van der Waals surface area contributed by atoms with Gasteiger partial charge in [0.05, 0.1) is 6.10 Å². The van der Waals surface area contributed by atoms with Gasteiger partial charge >= 0.3 is 0 Å². The van der Waals surface area contributed by atoms with Gasteiger partial charge in [0.15, 0.2) is 0 Å². The zero-order valence-corrected chi connectivity index (χ0v) is 8.72. The van der Waals surface area contributed by atoms with Gasteiger partial charge in [-0.15, -0.1) is 0 Å². The zero-order chi connectivity index (χ0) is 11.6. The predicted molar refractivity (Wildman–Crippen MR) is 53.6 cm³/mol. The van der Waals surface area contributed by atoms with Gasteiger partial charge in [0, 0.05) is 6.54 Å². The number of rotatable bonds is 3. The van der Waals surface area contributed by atoms with Crippen molar-refractivity contribution in [3.05, 3.63) is 0 Å². The number of carbonyl (C=O) groups is 2. The summed E-state index contributed by atoms with van der Waals surface area (Å²) in [5.74, 6) is -0.926. The Hall–Kier alpha value is -1.14. The lowest BCUT2D eigenvalue weighted by atomic mass is 10.1. The maximum atomic E-state index is 11.7. The Morgan fingerprint density at radius 3 is 2.60 bits per heavy atom. The van der Waals surface area contributed by atoms with Crippen LogP contribution in [0.25, 0.3) is 0 Å². The standard InChI is InChI=1S/C9H17N3O3/c1-5(13)7(10)9(15)12-4-2-3-6(12)8(11)14/h5-7,13H,2-4,10H2,1H3,(H2,11,14)/t5-,6+,7+/m1/s1. The lowest BCUT2D eigenvalue weighted by Gasteiger charge is -2.26. The van der Waals surface area contributed by atoms with E-state index < -0.39 is 30.0 Å². The molecule has 0 saturated carbocycles. The van der Waals surface area contributed by atoms with Gasteiger partial charge in [-0.25, -0.2) is 0 Å². The third-order valence-corrected chi connectivity index (χ3v) is 2.67. The highest BCUT2D eigenvalue weighted by molar-refractivity contribution is 5.89. The Morgan fingerprint density at radius 2 is 2.13 bits per heavy atom. The third kappa shape index (κ3) is 2.45. The largest absolute Gasteiger partial charge is 0.391 e. The molecule has 6 heteroatoms. The summed E-state index contributed by atoms with van der Waals surface area (Å²) in [6.07, 6.45) is 0.395. The molecular formula is C9H17N3O3. The fourth-order valence-corrected chi connectivity index (χ4v) is 1.72. The first kappa shape index (κ1) is 11.9. The minimum absolute atomic E-state index is 0.411. The topological polar surface area (TPSA) is 110 Å². The second-order valence-corrected chi connectivity index (χ2v) is 3.86. The second kappa shape index (κ2) is 4.59. The van der Waals surface area contributed by atoms with Crippen LogP contribution >= 0.6 is 0 Å². The molecule has 0 aromatic rings. The number of primary amides is 1. The highest BCUT2D eigenvalue weighted by Crippen LogP contribution is 2.18. The molecule has 0 spiro atoms. The van der Waals surface area contributed by atoms with Crippen LogP contribution in [0.3, 0.4) is 0 Å². The molecule has 1 fully saturated rings. The molecule has 6 nitrogen and oxygen atoms in total. The number of hydrogen-bond donors (Lipinski definition) is 3. The molecular weight excluding hydrogens is 198 g/mol. The summed E-state index contributed by atoms with van der Waals surface area (Å²) in [6.45, 7) is 1.92. The number of aliphatic hydroxyl groups is 1. The lowest BCUT2D eigenvalue weighted by molar-refractivity contribution is -0.140. The van der Waals surface area contributed by atoms with E-state index in [1.54, 1.807) is 0 Å². The molecule has 86 valence electrons. The van der Waals surface area contributed by atoms with Crippen molar-refractivity contribution in [2.45, 2.75) is 38.0 Å². The van der Waals surface area contributed by atoms with Crippen molar-refractivity contribution < 1.29 is 14.7 Å². The molecule has 0 unspecified atom stereocenters. The van der Waals surface area contributed by atoms with Crippen LogP contribution in [0.4, 0.5) is 0 Å². The van der Waals surface area contributed by atoms with Crippen LogP contribution in [0.5, 0.6) is 0 Å². The second-order valence-electron chi connectivity index (χ2n) is 3.86. The Bertz CT molecular complexity index is 267. The van der Waals surface area contributed by atoms with Crippen molar-refractivity contribution in [3.8, 4) is 0 Å². The minimum Gasteiger partial charge on any atom is -0.391 e. The third-order valence-electron chi connectivity index (χ3n) is 2.67. The zero-order valence-electron chi connectivity index (χ0n) is 8.72. The number of likely N-dealkylation sites (tertiary alicyclic amines) is 1. The maximum absolute atomic E-state index is 11.7. The molecule has 1 aliphatic heterocycles. The molecule has 1 saturated heterocycles. The number of nitrogens with two attached hydrogens (primary N) is 2. The van der Waals surface area contributed by atoms with Gasteiger partial charge < -0.3 is 21.5 Å². The maximum Gasteiger partial charge on any atom is 0.242 e. The summed E-state index contributed by atoms with van der Waals surface area (Å²) in [4.78, 5) is 24.1. The van der Waals surface area contributed by atoms with Crippen molar-refractivity contribution in [2.24, 2.45) is 11.5 Å². The normalized spacial score (nSPS) is 25.0. The van der Waals surface area contributed by atoms with Crippen molar-refractivity contribution in [3.63, 3.8) is 0 Å². The van der Waals surface area contributed by atoms with E-state index in [2.05, 4.69) is 0 Å². The minimum atomic E-state index is -0.982. The fraction of sp³-hybridized carbons (Fsp3) is 0.778. The first-order valence-corrected chi connectivity index (χ1v) is 4.98. The summed E-state index contributed by atoms with van der Waals surface area (Å²) in [5, 5.41) is 9.19. The molecule has 2 amide bonds. The quantitative estimate of drug-likeness (QED) is 0.514. The van der Waals surface area contributed by atoms with Gasteiger partial charge in [0.1, 0.15) is 12.1 Å². The monoisotopic (exact) mass is 215 g/mol. The number of nitrogens with zero attached hydrogens (tertiary/aromatic N) is 1. The van der Waals surface area contributed by atoms with E-state index in [0.29, 0.717) is 13.0 Å². The summed E-state index contributed by atoms with van der Waals surface area (Å²) in [6, 6.07) is -1.55. The van der Waals surface area contributed by atoms with Gasteiger partial charge in [0.25, 0.3) is 0 Å². The first-order chi connectivity index (χ1) is 6.95. The lowest BCUT2D eigenvalue weighted by Crippen LogP contribution is -2.53. The Kier molecular flexibility index (Phi) is 3.65. The van der Waals surface area contributed by atoms with E-state index in [4.69, 9.17) is 11.5 Å². The summed E-state index contributed by atoms with van der Waals surface area (Å²) in [7, 11) is 0. The average Bonchev–Trinajstić information content (AvgIpc) is 2.63. The smallest absolute Gasteiger partial charge is 0.242 e.